The SMILES string of the molecule is C.CC1(C)C=Cc2ccccc21.CC1=CC(C)c2ccccc21.Cc1c[c-](C)c2ccccc12.[CH2-]CCC.[Li+].[Li+]. The van der Waals surface area contributed by atoms with Crippen molar-refractivity contribution >= 4 is 22.4 Å². The van der Waals surface area contributed by atoms with Gasteiger partial charge in [0.15, 0.2) is 0 Å². The summed E-state index contributed by atoms with van der Waals surface area (Å²) in [4.78, 5) is 0. The summed E-state index contributed by atoms with van der Waals surface area (Å²) in [6, 6.07) is 28.0. The topological polar surface area (TPSA) is 0 Å². The van der Waals surface area contributed by atoms with Gasteiger partial charge in [0.25, 0.3) is 0 Å². The third-order valence-corrected chi connectivity index (χ3v) is 7.27. The molecule has 2 heteroatoms. The first-order chi connectivity index (χ1) is 17.7. The van der Waals surface area contributed by atoms with Crippen molar-refractivity contribution in [1.29, 1.82) is 0 Å². The zero-order chi connectivity index (χ0) is 27.0. The van der Waals surface area contributed by atoms with Crippen LogP contribution in [-0.4, -0.2) is 0 Å². The van der Waals surface area contributed by atoms with Crippen LogP contribution in [0.2, 0.25) is 0 Å². The summed E-state index contributed by atoms with van der Waals surface area (Å²) in [5.74, 6) is 0.617. The first-order valence-corrected chi connectivity index (χ1v) is 13.7. The van der Waals surface area contributed by atoms with E-state index in [1.807, 2.05) is 0 Å². The molecule has 40 heavy (non-hydrogen) atoms. The van der Waals surface area contributed by atoms with E-state index in [0.717, 1.165) is 6.42 Å². The summed E-state index contributed by atoms with van der Waals surface area (Å²) >= 11 is 0. The van der Waals surface area contributed by atoms with E-state index < -0.39 is 0 Å². The maximum atomic E-state index is 3.60. The smallest absolute Gasteiger partial charge is 0.343 e. The second-order valence-electron chi connectivity index (χ2n) is 10.8. The van der Waals surface area contributed by atoms with Crippen LogP contribution in [0.5, 0.6) is 0 Å². The molecule has 1 atom stereocenters. The third kappa shape index (κ3) is 9.51. The molecule has 0 N–H and O–H groups in total. The van der Waals surface area contributed by atoms with E-state index in [1.165, 1.54) is 56.1 Å². The fraction of sp³-hybridized carbons (Fsp3) is 0.316. The van der Waals surface area contributed by atoms with Gasteiger partial charge in [0, 0.05) is 11.3 Å². The van der Waals surface area contributed by atoms with Crippen molar-refractivity contribution < 1.29 is 37.7 Å². The van der Waals surface area contributed by atoms with Gasteiger partial charge in [-0.2, -0.15) is 12.0 Å². The van der Waals surface area contributed by atoms with Crippen molar-refractivity contribution in [2.75, 3.05) is 0 Å². The van der Waals surface area contributed by atoms with Crippen LogP contribution in [-0.2, 0) is 5.41 Å². The number of fused-ring (bicyclic) bond motifs is 3. The zero-order valence-electron chi connectivity index (χ0n) is 25.9. The molecule has 6 rings (SSSR count). The van der Waals surface area contributed by atoms with Gasteiger partial charge in [-0.05, 0) is 34.8 Å². The summed E-state index contributed by atoms with van der Waals surface area (Å²) in [7, 11) is 0. The Labute approximate surface area is 270 Å². The van der Waals surface area contributed by atoms with E-state index in [0.29, 0.717) is 5.92 Å². The molecule has 0 saturated carbocycles. The maximum absolute atomic E-state index is 3.60. The minimum absolute atomic E-state index is 0. The van der Waals surface area contributed by atoms with Gasteiger partial charge >= 0.3 is 37.7 Å². The van der Waals surface area contributed by atoms with Gasteiger partial charge in [-0.15, -0.1) is 40.6 Å². The maximum Gasteiger partial charge on any atom is 1.00 e. The third-order valence-electron chi connectivity index (χ3n) is 7.27. The predicted octanol–water partition coefficient (Wildman–Crippen LogP) is 5.64. The summed E-state index contributed by atoms with van der Waals surface area (Å²) in [6.07, 6.45) is 9.07. The van der Waals surface area contributed by atoms with Gasteiger partial charge in [-0.1, -0.05) is 128 Å². The molecule has 202 valence electrons. The van der Waals surface area contributed by atoms with Crippen molar-refractivity contribution in [3.63, 3.8) is 0 Å². The van der Waals surface area contributed by atoms with Crippen molar-refractivity contribution in [3.8, 4) is 0 Å². The molecule has 1 unspecified atom stereocenters. The minimum Gasteiger partial charge on any atom is -0.343 e. The van der Waals surface area contributed by atoms with Gasteiger partial charge in [0.2, 0.25) is 0 Å². The molecule has 0 aliphatic heterocycles. The number of allylic oxidation sites excluding steroid dienone is 3. The normalized spacial score (nSPS) is 14.6. The Bertz CT molecular complexity index is 1330. The summed E-state index contributed by atoms with van der Waals surface area (Å²) < 4.78 is 0. The Kier molecular flexibility index (Phi) is 16.8. The average Bonchev–Trinajstić information content (AvgIpc) is 3.50. The van der Waals surface area contributed by atoms with Gasteiger partial charge < -0.3 is 6.92 Å². The summed E-state index contributed by atoms with van der Waals surface area (Å²) in [6.45, 7) is 19.0. The second kappa shape index (κ2) is 17.7. The molecule has 0 spiro atoms. The largest absolute Gasteiger partial charge is 1.00 e. The van der Waals surface area contributed by atoms with Crippen molar-refractivity contribution in [1.82, 2.24) is 0 Å². The number of aryl methyl sites for hydroxylation is 2. The first kappa shape index (κ1) is 37.9. The van der Waals surface area contributed by atoms with E-state index in [-0.39, 0.29) is 50.6 Å². The molecule has 0 radical (unpaired) electrons. The van der Waals surface area contributed by atoms with E-state index in [4.69, 9.17) is 0 Å². The van der Waals surface area contributed by atoms with Gasteiger partial charge in [-0.25, -0.2) is 0 Å². The van der Waals surface area contributed by atoms with Crippen LogP contribution in [0.1, 0.15) is 94.2 Å². The molecule has 2 aliphatic carbocycles. The Morgan fingerprint density at radius 2 is 1.45 bits per heavy atom. The second-order valence-corrected chi connectivity index (χ2v) is 10.8. The molecule has 0 bridgehead atoms. The van der Waals surface area contributed by atoms with Crippen LogP contribution in [0, 0.1) is 20.8 Å². The number of unbranched alkanes of at least 4 members (excludes halogenated alkanes) is 1. The Balaban J connectivity index is 0.000000517. The molecular weight excluding hydrogens is 470 g/mol. The van der Waals surface area contributed by atoms with E-state index >= 15 is 0 Å². The van der Waals surface area contributed by atoms with Crippen molar-refractivity contribution in [2.24, 2.45) is 0 Å². The van der Waals surface area contributed by atoms with Crippen LogP contribution in [0.25, 0.3) is 22.4 Å². The molecule has 0 amide bonds. The van der Waals surface area contributed by atoms with Crippen LogP contribution < -0.4 is 37.7 Å². The Morgan fingerprint density at radius 3 is 2.05 bits per heavy atom. The standard InChI is InChI=1S/2C11H12.C11H11.C4H9.CH4.2Li/c1-11(2)8-7-9-5-3-4-6-10(9)11;2*1-8-7-9(2)11-6-4-3-5-10(8)11;1-3-4-2;;;/h2*3-8H,1-2H3;3-7H,1-2H3;1,3-4H2,2H3;1H4;;/q;;2*-1;;2*+1. The quantitative estimate of drug-likeness (QED) is 0.226. The zero-order valence-corrected chi connectivity index (χ0v) is 25.9. The number of rotatable bonds is 1. The monoisotopic (exact) mass is 518 g/mol. The van der Waals surface area contributed by atoms with Crippen LogP contribution in [0.15, 0.2) is 91.0 Å². The van der Waals surface area contributed by atoms with E-state index in [9.17, 15) is 0 Å². The van der Waals surface area contributed by atoms with Gasteiger partial charge in [0.05, 0.1) is 0 Å². The van der Waals surface area contributed by atoms with Crippen LogP contribution >= 0.6 is 0 Å². The minimum atomic E-state index is 0. The molecule has 0 nitrogen and oxygen atoms in total. The molecule has 2 aliphatic rings. The van der Waals surface area contributed by atoms with Gasteiger partial charge in [-0.3, -0.25) is 0 Å². The van der Waals surface area contributed by atoms with Gasteiger partial charge in [0.1, 0.15) is 0 Å². The predicted molar refractivity (Wildman–Crippen MR) is 173 cm³/mol. The molecule has 4 aromatic carbocycles. The summed E-state index contributed by atoms with van der Waals surface area (Å²) in [5.41, 5.74) is 10.2. The molecule has 0 saturated heterocycles. The first-order valence-electron chi connectivity index (χ1n) is 13.7. The molecule has 0 heterocycles. The molecular formula is C38H48Li2. The molecule has 0 fully saturated rings. The summed E-state index contributed by atoms with van der Waals surface area (Å²) in [5, 5.41) is 2.79. The van der Waals surface area contributed by atoms with Crippen molar-refractivity contribution in [3.05, 3.63) is 131 Å². The molecule has 0 aromatic heterocycles. The Hall–Kier alpha value is -2.06. The number of hydrogen-bond acceptors (Lipinski definition) is 0. The fourth-order valence-electron chi connectivity index (χ4n) is 5.08. The number of hydrogen-bond donors (Lipinski definition) is 0. The van der Waals surface area contributed by atoms with Crippen LogP contribution in [0.4, 0.5) is 0 Å². The Morgan fingerprint density at radius 1 is 0.875 bits per heavy atom. The molecule has 4 aromatic rings. The van der Waals surface area contributed by atoms with E-state index in [1.54, 1.807) is 0 Å². The number of benzene rings is 3. The fourth-order valence-corrected chi connectivity index (χ4v) is 5.08. The van der Waals surface area contributed by atoms with Crippen molar-refractivity contribution in [2.45, 2.75) is 80.1 Å². The van der Waals surface area contributed by atoms with E-state index in [2.05, 4.69) is 152 Å². The average molecular weight is 519 g/mol. The van der Waals surface area contributed by atoms with Crippen LogP contribution in [0.3, 0.4) is 0 Å².